The Morgan fingerprint density at radius 2 is 2.36 bits per heavy atom. The third-order valence-corrected chi connectivity index (χ3v) is 5.30. The van der Waals surface area contributed by atoms with Gasteiger partial charge < -0.3 is 9.42 Å². The molecule has 0 unspecified atom stereocenters. The van der Waals surface area contributed by atoms with Gasteiger partial charge in [-0.2, -0.15) is 4.98 Å². The minimum Gasteiger partial charge on any atom is -0.339 e. The van der Waals surface area contributed by atoms with E-state index in [2.05, 4.69) is 23.1 Å². The van der Waals surface area contributed by atoms with Gasteiger partial charge in [0.15, 0.2) is 5.82 Å². The van der Waals surface area contributed by atoms with E-state index in [0.29, 0.717) is 24.7 Å². The summed E-state index contributed by atoms with van der Waals surface area (Å²) in [4.78, 5) is 20.7. The summed E-state index contributed by atoms with van der Waals surface area (Å²) in [5.41, 5.74) is 1.35. The number of amides is 1. The first kappa shape index (κ1) is 15.2. The van der Waals surface area contributed by atoms with E-state index in [9.17, 15) is 4.79 Å². The Balaban J connectivity index is 1.70. The van der Waals surface area contributed by atoms with Gasteiger partial charge in [-0.1, -0.05) is 19.0 Å². The van der Waals surface area contributed by atoms with Gasteiger partial charge in [0.25, 0.3) is 5.91 Å². The Bertz CT molecular complexity index is 677. The second-order valence-corrected chi connectivity index (χ2v) is 7.16. The summed E-state index contributed by atoms with van der Waals surface area (Å²) < 4.78 is 5.08. The molecule has 2 heterocycles. The molecule has 1 atom stereocenters. The number of carbonyl (C=O) groups is 1. The highest BCUT2D eigenvalue weighted by molar-refractivity contribution is 7.14. The Morgan fingerprint density at radius 3 is 3.09 bits per heavy atom. The molecule has 0 aromatic carbocycles. The van der Waals surface area contributed by atoms with Crippen molar-refractivity contribution in [3.63, 3.8) is 0 Å². The van der Waals surface area contributed by atoms with E-state index >= 15 is 0 Å². The number of aromatic nitrogens is 2. The fourth-order valence-corrected chi connectivity index (χ4v) is 3.98. The molecule has 2 aromatic rings. The summed E-state index contributed by atoms with van der Waals surface area (Å²) in [6.07, 6.45) is 4.12. The number of thiophene rings is 1. The Hall–Kier alpha value is -1.69. The predicted octanol–water partition coefficient (Wildman–Crippen LogP) is 3.09. The minimum absolute atomic E-state index is 0.0369. The number of hydrogen-bond acceptors (Lipinski definition) is 5. The highest BCUT2D eigenvalue weighted by atomic mass is 32.1. The van der Waals surface area contributed by atoms with E-state index in [1.54, 1.807) is 23.3 Å². The van der Waals surface area contributed by atoms with Gasteiger partial charge in [0.05, 0.1) is 11.4 Å². The first-order valence-corrected chi connectivity index (χ1v) is 8.57. The number of rotatable bonds is 4. The van der Waals surface area contributed by atoms with Crippen LogP contribution in [-0.4, -0.2) is 28.0 Å². The van der Waals surface area contributed by atoms with Gasteiger partial charge in [-0.25, -0.2) is 0 Å². The zero-order chi connectivity index (χ0) is 15.7. The third-order valence-electron chi connectivity index (χ3n) is 4.08. The SMILES string of the molecule is CCc1nc(CN(C)C(=O)c2cc3c(s2)CC[C@@H](C)C3)no1. The van der Waals surface area contributed by atoms with Gasteiger partial charge in [0.2, 0.25) is 5.89 Å². The summed E-state index contributed by atoms with van der Waals surface area (Å²) in [7, 11) is 1.78. The van der Waals surface area contributed by atoms with Crippen LogP contribution in [0.1, 0.15) is 52.1 Å². The first-order chi connectivity index (χ1) is 10.6. The second kappa shape index (κ2) is 6.20. The van der Waals surface area contributed by atoms with Crippen LogP contribution in [0.15, 0.2) is 10.6 Å². The Kier molecular flexibility index (Phi) is 4.29. The highest BCUT2D eigenvalue weighted by Gasteiger charge is 2.23. The molecule has 5 nitrogen and oxygen atoms in total. The number of aryl methyl sites for hydroxylation is 2. The molecule has 1 aliphatic rings. The Morgan fingerprint density at radius 1 is 1.55 bits per heavy atom. The molecular weight excluding hydrogens is 298 g/mol. The summed E-state index contributed by atoms with van der Waals surface area (Å²) in [5.74, 6) is 1.92. The number of nitrogens with zero attached hydrogens (tertiary/aromatic N) is 3. The summed E-state index contributed by atoms with van der Waals surface area (Å²) in [5, 5.41) is 3.90. The van der Waals surface area contributed by atoms with E-state index in [1.165, 1.54) is 16.9 Å². The monoisotopic (exact) mass is 319 g/mol. The van der Waals surface area contributed by atoms with Gasteiger partial charge in [-0.05, 0) is 36.8 Å². The van der Waals surface area contributed by atoms with Crippen LogP contribution in [0.5, 0.6) is 0 Å². The maximum absolute atomic E-state index is 12.6. The number of fused-ring (bicyclic) bond motifs is 1. The molecule has 1 aliphatic carbocycles. The van der Waals surface area contributed by atoms with Gasteiger partial charge >= 0.3 is 0 Å². The van der Waals surface area contributed by atoms with Crippen LogP contribution >= 0.6 is 11.3 Å². The third kappa shape index (κ3) is 3.06. The largest absolute Gasteiger partial charge is 0.339 e. The molecule has 2 aromatic heterocycles. The molecule has 0 radical (unpaired) electrons. The number of carbonyl (C=O) groups excluding carboxylic acids is 1. The molecule has 1 amide bonds. The van der Waals surface area contributed by atoms with Crippen LogP contribution in [0.25, 0.3) is 0 Å². The van der Waals surface area contributed by atoms with Crippen molar-refractivity contribution in [1.29, 1.82) is 0 Å². The second-order valence-electron chi connectivity index (χ2n) is 6.03. The molecule has 118 valence electrons. The topological polar surface area (TPSA) is 59.2 Å². The predicted molar refractivity (Wildman–Crippen MR) is 85.0 cm³/mol. The average Bonchev–Trinajstić information content (AvgIpc) is 3.12. The maximum Gasteiger partial charge on any atom is 0.264 e. The molecule has 6 heteroatoms. The molecule has 0 fully saturated rings. The standard InChI is InChI=1S/C16H21N3O2S/c1-4-15-17-14(18-21-15)9-19(3)16(20)13-8-11-7-10(2)5-6-12(11)22-13/h8,10H,4-7,9H2,1-3H3/t10-/m1/s1. The van der Waals surface area contributed by atoms with E-state index in [4.69, 9.17) is 4.52 Å². The molecule has 0 saturated heterocycles. The molecule has 0 saturated carbocycles. The van der Waals surface area contributed by atoms with Crippen molar-refractivity contribution in [3.05, 3.63) is 33.1 Å². The molecule has 0 aliphatic heterocycles. The maximum atomic E-state index is 12.6. The summed E-state index contributed by atoms with van der Waals surface area (Å²) in [6, 6.07) is 2.07. The molecule has 0 N–H and O–H groups in total. The summed E-state index contributed by atoms with van der Waals surface area (Å²) in [6.45, 7) is 4.61. The lowest BCUT2D eigenvalue weighted by atomic mass is 9.90. The van der Waals surface area contributed by atoms with Crippen LogP contribution in [0.2, 0.25) is 0 Å². The van der Waals surface area contributed by atoms with E-state index < -0.39 is 0 Å². The van der Waals surface area contributed by atoms with E-state index in [-0.39, 0.29) is 5.91 Å². The normalized spacial score (nSPS) is 17.3. The van der Waals surface area contributed by atoms with Crippen LogP contribution in [0.3, 0.4) is 0 Å². The van der Waals surface area contributed by atoms with Crippen LogP contribution < -0.4 is 0 Å². The lowest BCUT2D eigenvalue weighted by Gasteiger charge is -2.16. The van der Waals surface area contributed by atoms with Gasteiger partial charge in [0.1, 0.15) is 0 Å². The van der Waals surface area contributed by atoms with Crippen molar-refractivity contribution in [2.75, 3.05) is 7.05 Å². The summed E-state index contributed by atoms with van der Waals surface area (Å²) >= 11 is 1.64. The molecule has 0 bridgehead atoms. The van der Waals surface area contributed by atoms with E-state index in [0.717, 1.165) is 23.6 Å². The van der Waals surface area contributed by atoms with Gasteiger partial charge in [-0.3, -0.25) is 4.79 Å². The smallest absolute Gasteiger partial charge is 0.264 e. The lowest BCUT2D eigenvalue weighted by molar-refractivity contribution is 0.0785. The van der Waals surface area contributed by atoms with E-state index in [1.807, 2.05) is 6.92 Å². The van der Waals surface area contributed by atoms with Crippen molar-refractivity contribution >= 4 is 17.2 Å². The lowest BCUT2D eigenvalue weighted by Crippen LogP contribution is -2.26. The van der Waals surface area contributed by atoms with Crippen molar-refractivity contribution in [1.82, 2.24) is 15.0 Å². The zero-order valence-corrected chi connectivity index (χ0v) is 14.1. The molecular formula is C16H21N3O2S. The minimum atomic E-state index is 0.0369. The van der Waals surface area contributed by atoms with Gasteiger partial charge in [-0.15, -0.1) is 11.3 Å². The zero-order valence-electron chi connectivity index (χ0n) is 13.3. The molecule has 0 spiro atoms. The van der Waals surface area contributed by atoms with Crippen LogP contribution in [-0.2, 0) is 25.8 Å². The first-order valence-electron chi connectivity index (χ1n) is 7.75. The highest BCUT2D eigenvalue weighted by Crippen LogP contribution is 2.32. The van der Waals surface area contributed by atoms with Crippen LogP contribution in [0.4, 0.5) is 0 Å². The quantitative estimate of drug-likeness (QED) is 0.869. The van der Waals surface area contributed by atoms with Crippen LogP contribution in [0, 0.1) is 5.92 Å². The van der Waals surface area contributed by atoms with Crippen molar-refractivity contribution in [3.8, 4) is 0 Å². The number of hydrogen-bond donors (Lipinski definition) is 0. The van der Waals surface area contributed by atoms with Crippen molar-refractivity contribution in [2.24, 2.45) is 5.92 Å². The fraction of sp³-hybridized carbons (Fsp3) is 0.562. The molecule has 3 rings (SSSR count). The molecule has 22 heavy (non-hydrogen) atoms. The van der Waals surface area contributed by atoms with Crippen molar-refractivity contribution in [2.45, 2.75) is 46.1 Å². The van der Waals surface area contributed by atoms with Crippen molar-refractivity contribution < 1.29 is 9.32 Å². The fourth-order valence-electron chi connectivity index (χ4n) is 2.78. The Labute approximate surface area is 134 Å². The van der Waals surface area contributed by atoms with Gasteiger partial charge in [0, 0.05) is 18.3 Å². The average molecular weight is 319 g/mol.